The molecule has 174 valence electrons. The molecule has 1 N–H and O–H groups in total. The van der Waals surface area contributed by atoms with E-state index in [1.54, 1.807) is 43.1 Å². The SMILES string of the molecule is COCCNC(=O)c1ccc2c(=O)n(-c3cccc(OC)c3)c(SCc3ccccc3)nc2c1. The Hall–Kier alpha value is -3.62. The molecule has 0 saturated carbocycles. The first-order valence-corrected chi connectivity index (χ1v) is 11.7. The van der Waals surface area contributed by atoms with Crippen LogP contribution in [0.3, 0.4) is 0 Å². The van der Waals surface area contributed by atoms with E-state index < -0.39 is 0 Å². The van der Waals surface area contributed by atoms with Crippen LogP contribution in [0.2, 0.25) is 0 Å². The number of amides is 1. The Labute approximate surface area is 201 Å². The zero-order valence-electron chi connectivity index (χ0n) is 19.0. The highest BCUT2D eigenvalue weighted by molar-refractivity contribution is 7.98. The summed E-state index contributed by atoms with van der Waals surface area (Å²) in [6, 6.07) is 22.3. The van der Waals surface area contributed by atoms with Crippen molar-refractivity contribution in [3.05, 3.63) is 94.3 Å². The number of carbonyl (C=O) groups is 1. The van der Waals surface area contributed by atoms with Crippen LogP contribution in [0.25, 0.3) is 16.6 Å². The maximum atomic E-state index is 13.6. The highest BCUT2D eigenvalue weighted by Crippen LogP contribution is 2.26. The van der Waals surface area contributed by atoms with E-state index in [2.05, 4.69) is 5.32 Å². The van der Waals surface area contributed by atoms with Gasteiger partial charge in [0.25, 0.3) is 11.5 Å². The Morgan fingerprint density at radius 1 is 1.03 bits per heavy atom. The first-order chi connectivity index (χ1) is 16.6. The zero-order valence-corrected chi connectivity index (χ0v) is 19.8. The fraction of sp³-hybridized carbons (Fsp3) is 0.192. The van der Waals surface area contributed by atoms with Crippen molar-refractivity contribution in [3.8, 4) is 11.4 Å². The molecule has 0 atom stereocenters. The van der Waals surface area contributed by atoms with Crippen LogP contribution < -0.4 is 15.6 Å². The molecule has 1 aromatic heterocycles. The van der Waals surface area contributed by atoms with Gasteiger partial charge in [-0.05, 0) is 35.9 Å². The van der Waals surface area contributed by atoms with E-state index in [1.165, 1.54) is 11.8 Å². The van der Waals surface area contributed by atoms with Crippen LogP contribution in [0.5, 0.6) is 5.75 Å². The van der Waals surface area contributed by atoms with Crippen LogP contribution in [0.4, 0.5) is 0 Å². The Kier molecular flexibility index (Phi) is 7.61. The van der Waals surface area contributed by atoms with Crippen LogP contribution in [-0.4, -0.2) is 42.8 Å². The smallest absolute Gasteiger partial charge is 0.266 e. The summed E-state index contributed by atoms with van der Waals surface area (Å²) in [6.07, 6.45) is 0. The molecule has 0 bridgehead atoms. The van der Waals surface area contributed by atoms with Crippen LogP contribution in [0.1, 0.15) is 15.9 Å². The number of aromatic nitrogens is 2. The predicted octanol–water partition coefficient (Wildman–Crippen LogP) is 4.06. The molecule has 0 spiro atoms. The van der Waals surface area contributed by atoms with Crippen molar-refractivity contribution in [2.24, 2.45) is 0 Å². The normalized spacial score (nSPS) is 10.9. The van der Waals surface area contributed by atoms with Crippen molar-refractivity contribution in [2.45, 2.75) is 10.9 Å². The number of fused-ring (bicyclic) bond motifs is 1. The van der Waals surface area contributed by atoms with Gasteiger partial charge in [-0.2, -0.15) is 0 Å². The van der Waals surface area contributed by atoms with Gasteiger partial charge in [-0.1, -0.05) is 48.2 Å². The van der Waals surface area contributed by atoms with Crippen molar-refractivity contribution in [1.29, 1.82) is 0 Å². The maximum Gasteiger partial charge on any atom is 0.266 e. The number of benzene rings is 3. The van der Waals surface area contributed by atoms with E-state index in [0.717, 1.165) is 5.56 Å². The Morgan fingerprint density at radius 3 is 2.62 bits per heavy atom. The summed E-state index contributed by atoms with van der Waals surface area (Å²) in [6.45, 7) is 0.819. The van der Waals surface area contributed by atoms with Crippen molar-refractivity contribution in [1.82, 2.24) is 14.9 Å². The summed E-state index contributed by atoms with van der Waals surface area (Å²) in [4.78, 5) is 30.9. The van der Waals surface area contributed by atoms with Gasteiger partial charge < -0.3 is 14.8 Å². The number of nitrogens with zero attached hydrogens (tertiary/aromatic N) is 2. The molecule has 8 heteroatoms. The summed E-state index contributed by atoms with van der Waals surface area (Å²) in [5, 5.41) is 3.76. The second-order valence-corrected chi connectivity index (χ2v) is 8.43. The third-order valence-corrected chi connectivity index (χ3v) is 6.22. The van der Waals surface area contributed by atoms with E-state index in [4.69, 9.17) is 14.5 Å². The van der Waals surface area contributed by atoms with Gasteiger partial charge >= 0.3 is 0 Å². The minimum Gasteiger partial charge on any atom is -0.497 e. The molecule has 0 saturated heterocycles. The zero-order chi connectivity index (χ0) is 23.9. The third-order valence-electron chi connectivity index (χ3n) is 5.21. The van der Waals surface area contributed by atoms with Crippen molar-refractivity contribution >= 4 is 28.6 Å². The Balaban J connectivity index is 1.79. The van der Waals surface area contributed by atoms with Gasteiger partial charge in [0.05, 0.1) is 30.3 Å². The first kappa shape index (κ1) is 23.5. The van der Waals surface area contributed by atoms with Gasteiger partial charge in [0, 0.05) is 31.0 Å². The molecule has 34 heavy (non-hydrogen) atoms. The highest BCUT2D eigenvalue weighted by atomic mass is 32.2. The number of ether oxygens (including phenoxy) is 2. The molecule has 4 rings (SSSR count). The maximum absolute atomic E-state index is 13.6. The molecule has 1 amide bonds. The summed E-state index contributed by atoms with van der Waals surface area (Å²) in [5.41, 5.74) is 2.48. The number of thioether (sulfide) groups is 1. The van der Waals surface area contributed by atoms with E-state index in [0.29, 0.717) is 52.0 Å². The summed E-state index contributed by atoms with van der Waals surface area (Å²) in [7, 11) is 3.17. The van der Waals surface area contributed by atoms with Gasteiger partial charge in [0.1, 0.15) is 5.75 Å². The number of nitrogens with one attached hydrogen (secondary N) is 1. The summed E-state index contributed by atoms with van der Waals surface area (Å²) in [5.74, 6) is 1.04. The number of methoxy groups -OCH3 is 2. The van der Waals surface area contributed by atoms with Crippen LogP contribution in [0.15, 0.2) is 82.7 Å². The van der Waals surface area contributed by atoms with Crippen molar-refractivity contribution in [2.75, 3.05) is 27.4 Å². The standard InChI is InChI=1S/C26H25N3O4S/c1-32-14-13-27-24(30)19-11-12-22-23(15-19)28-26(34-17-18-7-4-3-5-8-18)29(25(22)31)20-9-6-10-21(16-20)33-2/h3-12,15-16H,13-14,17H2,1-2H3,(H,27,30). The average molecular weight is 476 g/mol. The summed E-state index contributed by atoms with van der Waals surface area (Å²) >= 11 is 1.46. The molecule has 3 aromatic carbocycles. The number of carbonyl (C=O) groups excluding carboxylic acids is 1. The van der Waals surface area contributed by atoms with Gasteiger partial charge in [-0.25, -0.2) is 4.98 Å². The molecular weight excluding hydrogens is 450 g/mol. The van der Waals surface area contributed by atoms with Crippen molar-refractivity contribution < 1.29 is 14.3 Å². The minimum atomic E-state index is -0.240. The van der Waals surface area contributed by atoms with E-state index in [-0.39, 0.29) is 11.5 Å². The molecule has 4 aromatic rings. The fourth-order valence-electron chi connectivity index (χ4n) is 3.47. The highest BCUT2D eigenvalue weighted by Gasteiger charge is 2.16. The van der Waals surface area contributed by atoms with Gasteiger partial charge in [0.2, 0.25) is 0 Å². The second-order valence-electron chi connectivity index (χ2n) is 7.49. The lowest BCUT2D eigenvalue weighted by Gasteiger charge is -2.14. The number of hydrogen-bond acceptors (Lipinski definition) is 6. The molecule has 1 heterocycles. The van der Waals surface area contributed by atoms with Gasteiger partial charge in [-0.3, -0.25) is 14.2 Å². The summed E-state index contributed by atoms with van der Waals surface area (Å²) < 4.78 is 11.9. The average Bonchev–Trinajstić information content (AvgIpc) is 2.88. The molecule has 7 nitrogen and oxygen atoms in total. The van der Waals surface area contributed by atoms with E-state index in [1.807, 2.05) is 48.5 Å². The van der Waals surface area contributed by atoms with Crippen molar-refractivity contribution in [3.63, 3.8) is 0 Å². The molecule has 0 aliphatic carbocycles. The Morgan fingerprint density at radius 2 is 1.85 bits per heavy atom. The first-order valence-electron chi connectivity index (χ1n) is 10.8. The van der Waals surface area contributed by atoms with Crippen LogP contribution in [0, 0.1) is 0 Å². The van der Waals surface area contributed by atoms with Gasteiger partial charge in [-0.15, -0.1) is 0 Å². The van der Waals surface area contributed by atoms with E-state index in [9.17, 15) is 9.59 Å². The second kappa shape index (κ2) is 11.0. The monoisotopic (exact) mass is 475 g/mol. The third kappa shape index (κ3) is 5.30. The molecule has 0 fully saturated rings. The Bertz CT molecular complexity index is 1360. The molecular formula is C26H25N3O4S. The van der Waals surface area contributed by atoms with Gasteiger partial charge in [0.15, 0.2) is 5.16 Å². The van der Waals surface area contributed by atoms with Crippen LogP contribution in [-0.2, 0) is 10.5 Å². The topological polar surface area (TPSA) is 82.5 Å². The largest absolute Gasteiger partial charge is 0.497 e. The molecule has 0 unspecified atom stereocenters. The quantitative estimate of drug-likeness (QED) is 0.223. The predicted molar refractivity (Wildman–Crippen MR) is 134 cm³/mol. The molecule has 0 aliphatic rings. The minimum absolute atomic E-state index is 0.208. The molecule has 0 aliphatic heterocycles. The van der Waals surface area contributed by atoms with Crippen LogP contribution >= 0.6 is 11.8 Å². The number of hydrogen-bond donors (Lipinski definition) is 1. The lowest BCUT2D eigenvalue weighted by atomic mass is 10.1. The number of rotatable bonds is 9. The van der Waals surface area contributed by atoms with E-state index >= 15 is 0 Å². The lowest BCUT2D eigenvalue weighted by molar-refractivity contribution is 0.0937. The molecule has 0 radical (unpaired) electrons. The lowest BCUT2D eigenvalue weighted by Crippen LogP contribution is -2.27. The fourth-order valence-corrected chi connectivity index (χ4v) is 4.44.